The van der Waals surface area contributed by atoms with E-state index in [1.165, 1.54) is 0 Å². The van der Waals surface area contributed by atoms with Gasteiger partial charge in [0.05, 0.1) is 0 Å². The van der Waals surface area contributed by atoms with Crippen molar-refractivity contribution in [3.63, 3.8) is 0 Å². The number of benzene rings is 2. The van der Waals surface area contributed by atoms with Crippen molar-refractivity contribution < 1.29 is 24.2 Å². The smallest absolute Gasteiger partial charge is 0.338 e. The zero-order valence-corrected chi connectivity index (χ0v) is 15.2. The van der Waals surface area contributed by atoms with E-state index < -0.39 is 18.0 Å². The van der Waals surface area contributed by atoms with Gasteiger partial charge in [0, 0.05) is 33.0 Å². The number of hydrogen-bond donors (Lipinski definition) is 1. The number of hydrogen-bond acceptors (Lipinski definition) is 5. The van der Waals surface area contributed by atoms with Gasteiger partial charge in [0.15, 0.2) is 0 Å². The van der Waals surface area contributed by atoms with Crippen LogP contribution in [0.5, 0.6) is 11.5 Å². The number of aliphatic hydroxyl groups is 1. The van der Waals surface area contributed by atoms with E-state index in [1.54, 1.807) is 50.3 Å². The molecule has 1 aliphatic rings. The van der Waals surface area contributed by atoms with Crippen molar-refractivity contribution in [1.82, 2.24) is 0 Å². The second kappa shape index (κ2) is 7.21. The molecule has 138 valence electrons. The minimum absolute atomic E-state index is 0.242. The van der Waals surface area contributed by atoms with Crippen LogP contribution in [0.1, 0.15) is 31.1 Å². The average molecular weight is 364 g/mol. The van der Waals surface area contributed by atoms with Crippen molar-refractivity contribution in [2.75, 3.05) is 0 Å². The van der Waals surface area contributed by atoms with E-state index in [9.17, 15) is 14.7 Å². The molecule has 0 spiro atoms. The van der Waals surface area contributed by atoms with Crippen LogP contribution in [0.25, 0.3) is 10.8 Å². The summed E-state index contributed by atoms with van der Waals surface area (Å²) in [6.07, 6.45) is 2.82. The third kappa shape index (κ3) is 3.41. The van der Waals surface area contributed by atoms with Gasteiger partial charge in [0.2, 0.25) is 0 Å². The van der Waals surface area contributed by atoms with Crippen molar-refractivity contribution in [2.24, 2.45) is 0 Å². The highest BCUT2D eigenvalue weighted by Gasteiger charge is 2.29. The number of aliphatic hydroxyl groups excluding tert-OH is 1. The normalized spacial score (nSPS) is 15.1. The molecule has 0 amide bonds. The summed E-state index contributed by atoms with van der Waals surface area (Å²) >= 11 is 0. The number of ether oxygens (including phenoxy) is 2. The number of allylic oxidation sites excluding steroid dienone is 1. The van der Waals surface area contributed by atoms with E-state index in [1.807, 2.05) is 0 Å². The van der Waals surface area contributed by atoms with Crippen LogP contribution in [0.4, 0.5) is 0 Å². The summed E-state index contributed by atoms with van der Waals surface area (Å²) in [5, 5.41) is 11.7. The molecule has 0 aromatic heterocycles. The first-order valence-electron chi connectivity index (χ1n) is 8.48. The van der Waals surface area contributed by atoms with E-state index in [0.29, 0.717) is 34.1 Å². The van der Waals surface area contributed by atoms with Crippen LogP contribution >= 0.6 is 0 Å². The van der Waals surface area contributed by atoms with Gasteiger partial charge in [-0.05, 0) is 20.3 Å². The summed E-state index contributed by atoms with van der Waals surface area (Å²) in [5.74, 6) is -0.554. The SMILES string of the molecule is C=C(C)C(=O)Oc1c2c(c(OC(=O)C(=C)C)c3ccccc13)C(O)C=CC2. The molecule has 0 saturated heterocycles. The maximum Gasteiger partial charge on any atom is 0.338 e. The summed E-state index contributed by atoms with van der Waals surface area (Å²) in [6.45, 7) is 10.3. The first-order chi connectivity index (χ1) is 12.8. The number of carbonyl (C=O) groups excluding carboxylic acids is 2. The highest BCUT2D eigenvalue weighted by atomic mass is 16.5. The van der Waals surface area contributed by atoms with Gasteiger partial charge >= 0.3 is 11.9 Å². The number of fused-ring (bicyclic) bond motifs is 2. The molecular formula is C22H20O5. The summed E-state index contributed by atoms with van der Waals surface area (Å²) < 4.78 is 11.2. The standard InChI is InChI=1S/C22H20O5/c1-12(2)21(24)26-19-14-8-5-6-9-15(14)20(27-22(25)13(3)4)18-16(19)10-7-11-17(18)23/h5-9,11,17,23H,1,3,10H2,2,4H3. The lowest BCUT2D eigenvalue weighted by atomic mass is 9.89. The van der Waals surface area contributed by atoms with E-state index in [-0.39, 0.29) is 16.9 Å². The van der Waals surface area contributed by atoms with Gasteiger partial charge < -0.3 is 14.6 Å². The Labute approximate surface area is 157 Å². The maximum atomic E-state index is 12.2. The molecule has 2 aromatic carbocycles. The molecule has 0 heterocycles. The fourth-order valence-electron chi connectivity index (χ4n) is 2.96. The summed E-state index contributed by atoms with van der Waals surface area (Å²) in [7, 11) is 0. The third-order valence-electron chi connectivity index (χ3n) is 4.28. The molecule has 27 heavy (non-hydrogen) atoms. The summed E-state index contributed by atoms with van der Waals surface area (Å²) in [6, 6.07) is 7.10. The van der Waals surface area contributed by atoms with Crippen molar-refractivity contribution in [3.05, 3.63) is 71.8 Å². The Morgan fingerprint density at radius 1 is 1.00 bits per heavy atom. The second-order valence-electron chi connectivity index (χ2n) is 6.51. The van der Waals surface area contributed by atoms with Crippen molar-refractivity contribution in [3.8, 4) is 11.5 Å². The quantitative estimate of drug-likeness (QED) is 0.385. The lowest BCUT2D eigenvalue weighted by Gasteiger charge is -2.25. The van der Waals surface area contributed by atoms with Crippen LogP contribution in [-0.2, 0) is 16.0 Å². The minimum Gasteiger partial charge on any atom is -0.422 e. The highest BCUT2D eigenvalue weighted by molar-refractivity contribution is 6.01. The van der Waals surface area contributed by atoms with Crippen molar-refractivity contribution in [2.45, 2.75) is 26.4 Å². The summed E-state index contributed by atoms with van der Waals surface area (Å²) in [4.78, 5) is 24.4. The Morgan fingerprint density at radius 3 is 2.07 bits per heavy atom. The van der Waals surface area contributed by atoms with Gasteiger partial charge in [-0.25, -0.2) is 9.59 Å². The number of esters is 2. The zero-order valence-electron chi connectivity index (χ0n) is 15.2. The first kappa shape index (κ1) is 18.6. The van der Waals surface area contributed by atoms with Gasteiger partial charge in [-0.15, -0.1) is 0 Å². The average Bonchev–Trinajstić information content (AvgIpc) is 2.63. The second-order valence-corrected chi connectivity index (χ2v) is 6.51. The van der Waals surface area contributed by atoms with Gasteiger partial charge in [-0.2, -0.15) is 0 Å². The van der Waals surface area contributed by atoms with Crippen LogP contribution in [0, 0.1) is 0 Å². The van der Waals surface area contributed by atoms with Crippen LogP contribution in [0.2, 0.25) is 0 Å². The van der Waals surface area contributed by atoms with E-state index in [4.69, 9.17) is 9.47 Å². The first-order valence-corrected chi connectivity index (χ1v) is 8.48. The molecule has 3 rings (SSSR count). The Balaban J connectivity index is 2.32. The molecule has 5 heteroatoms. The molecule has 1 atom stereocenters. The topological polar surface area (TPSA) is 72.8 Å². The van der Waals surface area contributed by atoms with Gasteiger partial charge in [-0.3, -0.25) is 0 Å². The van der Waals surface area contributed by atoms with Crippen LogP contribution in [-0.4, -0.2) is 17.0 Å². The fraction of sp³-hybridized carbons (Fsp3) is 0.182. The third-order valence-corrected chi connectivity index (χ3v) is 4.28. The lowest BCUT2D eigenvalue weighted by Crippen LogP contribution is -2.17. The molecule has 0 saturated carbocycles. The molecule has 5 nitrogen and oxygen atoms in total. The Bertz CT molecular complexity index is 1010. The number of rotatable bonds is 4. The Morgan fingerprint density at radius 2 is 1.52 bits per heavy atom. The Kier molecular flexibility index (Phi) is 4.97. The molecular weight excluding hydrogens is 344 g/mol. The monoisotopic (exact) mass is 364 g/mol. The maximum absolute atomic E-state index is 12.2. The molecule has 0 radical (unpaired) electrons. The fourth-order valence-corrected chi connectivity index (χ4v) is 2.96. The van der Waals surface area contributed by atoms with Crippen LogP contribution in [0.15, 0.2) is 60.7 Å². The van der Waals surface area contributed by atoms with Crippen LogP contribution in [0.3, 0.4) is 0 Å². The van der Waals surface area contributed by atoms with Crippen molar-refractivity contribution in [1.29, 1.82) is 0 Å². The zero-order chi connectivity index (χ0) is 19.7. The summed E-state index contributed by atoms with van der Waals surface area (Å²) in [5.41, 5.74) is 1.52. The van der Waals surface area contributed by atoms with Gasteiger partial charge in [-0.1, -0.05) is 49.6 Å². The predicted molar refractivity (Wildman–Crippen MR) is 103 cm³/mol. The lowest BCUT2D eigenvalue weighted by molar-refractivity contribution is -0.131. The molecule has 0 fully saturated rings. The van der Waals surface area contributed by atoms with Gasteiger partial charge in [0.1, 0.15) is 17.6 Å². The molecule has 1 N–H and O–H groups in total. The van der Waals surface area contributed by atoms with Crippen molar-refractivity contribution >= 4 is 22.7 Å². The van der Waals surface area contributed by atoms with E-state index >= 15 is 0 Å². The largest absolute Gasteiger partial charge is 0.422 e. The minimum atomic E-state index is -0.992. The van der Waals surface area contributed by atoms with E-state index in [0.717, 1.165) is 0 Å². The number of carbonyl (C=O) groups is 2. The van der Waals surface area contributed by atoms with E-state index in [2.05, 4.69) is 13.2 Å². The Hall–Kier alpha value is -3.18. The molecule has 0 bridgehead atoms. The molecule has 1 unspecified atom stereocenters. The predicted octanol–water partition coefficient (Wildman–Crippen LogP) is 3.95. The molecule has 2 aromatic rings. The molecule has 1 aliphatic carbocycles. The van der Waals surface area contributed by atoms with Gasteiger partial charge in [0.25, 0.3) is 0 Å². The molecule has 0 aliphatic heterocycles. The highest BCUT2D eigenvalue weighted by Crippen LogP contribution is 2.46. The van der Waals surface area contributed by atoms with Crippen LogP contribution < -0.4 is 9.47 Å².